The zero-order chi connectivity index (χ0) is 13.4. The van der Waals surface area contributed by atoms with E-state index in [1.807, 2.05) is 0 Å². The molecule has 0 heterocycles. The number of fused-ring (bicyclic) bond motifs is 2. The lowest BCUT2D eigenvalue weighted by molar-refractivity contribution is 0.633. The Kier molecular flexibility index (Phi) is 2.99. The highest BCUT2D eigenvalue weighted by Gasteiger charge is 2.25. The maximum atomic E-state index is 3.72. The second-order valence-corrected chi connectivity index (χ2v) is 6.13. The van der Waals surface area contributed by atoms with E-state index in [0.29, 0.717) is 5.92 Å². The van der Waals surface area contributed by atoms with Crippen molar-refractivity contribution in [3.05, 3.63) is 64.7 Å². The third-order valence-corrected chi connectivity index (χ3v) is 4.90. The second-order valence-electron chi connectivity index (χ2n) is 6.13. The van der Waals surface area contributed by atoms with Crippen LogP contribution in [0.5, 0.6) is 0 Å². The van der Waals surface area contributed by atoms with Crippen LogP contribution in [0.2, 0.25) is 0 Å². The molecule has 1 heteroatoms. The fourth-order valence-electron chi connectivity index (χ4n) is 3.72. The smallest absolute Gasteiger partial charge is 0.0375 e. The normalized spacial score (nSPS) is 19.7. The molecule has 0 spiro atoms. The average Bonchev–Trinajstić information content (AvgIpc) is 2.48. The first-order valence-corrected chi connectivity index (χ1v) is 7.84. The van der Waals surface area contributed by atoms with Gasteiger partial charge in [-0.2, -0.15) is 0 Å². The number of hydrogen-bond donors (Lipinski definition) is 1. The first-order valence-electron chi connectivity index (χ1n) is 7.84. The molecule has 0 aromatic heterocycles. The molecular formula is C19H21N. The Balaban J connectivity index is 1.49. The molecule has 2 aliphatic rings. The predicted molar refractivity (Wildman–Crippen MR) is 84.5 cm³/mol. The summed E-state index contributed by atoms with van der Waals surface area (Å²) in [7, 11) is 0. The van der Waals surface area contributed by atoms with Gasteiger partial charge in [0.05, 0.1) is 0 Å². The zero-order valence-electron chi connectivity index (χ0n) is 11.9. The molecule has 1 nitrogen and oxygen atoms in total. The van der Waals surface area contributed by atoms with Crippen molar-refractivity contribution in [2.45, 2.75) is 38.0 Å². The van der Waals surface area contributed by atoms with Gasteiger partial charge >= 0.3 is 0 Å². The van der Waals surface area contributed by atoms with Crippen molar-refractivity contribution in [2.24, 2.45) is 0 Å². The summed E-state index contributed by atoms with van der Waals surface area (Å²) in [5.41, 5.74) is 7.60. The van der Waals surface area contributed by atoms with Gasteiger partial charge in [0, 0.05) is 18.2 Å². The molecule has 0 radical (unpaired) electrons. The summed E-state index contributed by atoms with van der Waals surface area (Å²) in [4.78, 5) is 0. The number of benzene rings is 2. The van der Waals surface area contributed by atoms with Gasteiger partial charge in [0.2, 0.25) is 0 Å². The van der Waals surface area contributed by atoms with E-state index in [1.54, 1.807) is 16.7 Å². The van der Waals surface area contributed by atoms with Crippen LogP contribution in [-0.4, -0.2) is 6.54 Å². The van der Waals surface area contributed by atoms with Gasteiger partial charge in [0.25, 0.3) is 0 Å². The van der Waals surface area contributed by atoms with Gasteiger partial charge in [-0.1, -0.05) is 36.4 Å². The van der Waals surface area contributed by atoms with Crippen LogP contribution in [0.15, 0.2) is 42.5 Å². The fraction of sp³-hybridized carbons (Fsp3) is 0.368. The maximum Gasteiger partial charge on any atom is 0.0375 e. The molecule has 0 bridgehead atoms. The standard InChI is InChI=1S/C19H21N/c1-4-10-18-14(6-1)8-5-11-19(18)20-13-16-12-15-7-2-3-9-17(15)16/h2-3,5,7-9,11,16,20H,1,4,6,10,12-13H2. The quantitative estimate of drug-likeness (QED) is 0.869. The largest absolute Gasteiger partial charge is 0.384 e. The van der Waals surface area contributed by atoms with Gasteiger partial charge in [-0.05, 0) is 60.4 Å². The summed E-state index contributed by atoms with van der Waals surface area (Å²) in [5.74, 6) is 0.700. The van der Waals surface area contributed by atoms with E-state index in [9.17, 15) is 0 Å². The van der Waals surface area contributed by atoms with Crippen LogP contribution >= 0.6 is 0 Å². The SMILES string of the molecule is c1ccc2c(c1)CC2CNc1cccc2c1CCCC2. The average molecular weight is 263 g/mol. The lowest BCUT2D eigenvalue weighted by atomic mass is 9.77. The van der Waals surface area contributed by atoms with Crippen LogP contribution in [-0.2, 0) is 19.3 Å². The van der Waals surface area contributed by atoms with Gasteiger partial charge in [-0.25, -0.2) is 0 Å². The molecule has 0 aliphatic heterocycles. The minimum atomic E-state index is 0.700. The van der Waals surface area contributed by atoms with Crippen LogP contribution in [0.3, 0.4) is 0 Å². The summed E-state index contributed by atoms with van der Waals surface area (Å²) in [5, 5.41) is 3.72. The number of hydrogen-bond acceptors (Lipinski definition) is 1. The van der Waals surface area contributed by atoms with Gasteiger partial charge in [0.1, 0.15) is 0 Å². The van der Waals surface area contributed by atoms with Crippen LogP contribution in [0.1, 0.15) is 41.0 Å². The van der Waals surface area contributed by atoms with Gasteiger partial charge in [-0.3, -0.25) is 0 Å². The first-order chi connectivity index (χ1) is 9.92. The number of rotatable bonds is 3. The van der Waals surface area contributed by atoms with Gasteiger partial charge in [-0.15, -0.1) is 0 Å². The third kappa shape index (κ3) is 2.02. The third-order valence-electron chi connectivity index (χ3n) is 4.90. The monoisotopic (exact) mass is 263 g/mol. The molecule has 2 aromatic rings. The van der Waals surface area contributed by atoms with Crippen LogP contribution < -0.4 is 5.32 Å². The van der Waals surface area contributed by atoms with Crippen molar-refractivity contribution >= 4 is 5.69 Å². The fourth-order valence-corrected chi connectivity index (χ4v) is 3.72. The molecule has 2 aliphatic carbocycles. The molecule has 20 heavy (non-hydrogen) atoms. The summed E-state index contributed by atoms with van der Waals surface area (Å²) in [6, 6.07) is 15.6. The van der Waals surface area contributed by atoms with Crippen molar-refractivity contribution in [1.82, 2.24) is 0 Å². The Morgan fingerprint density at radius 1 is 0.900 bits per heavy atom. The molecular weight excluding hydrogens is 242 g/mol. The van der Waals surface area contributed by atoms with Crippen LogP contribution in [0, 0.1) is 0 Å². The molecule has 0 saturated carbocycles. The highest BCUT2D eigenvalue weighted by atomic mass is 14.9. The summed E-state index contributed by atoms with van der Waals surface area (Å²) >= 11 is 0. The Bertz CT molecular complexity index is 629. The summed E-state index contributed by atoms with van der Waals surface area (Å²) in [6.07, 6.45) is 6.44. The first kappa shape index (κ1) is 12.0. The Morgan fingerprint density at radius 2 is 1.75 bits per heavy atom. The summed E-state index contributed by atoms with van der Waals surface area (Å²) in [6.45, 7) is 1.08. The van der Waals surface area contributed by atoms with Crippen molar-refractivity contribution in [3.63, 3.8) is 0 Å². The molecule has 1 N–H and O–H groups in total. The molecule has 0 saturated heterocycles. The Labute approximate surface area is 121 Å². The lowest BCUT2D eigenvalue weighted by Gasteiger charge is -2.31. The second kappa shape index (κ2) is 4.97. The minimum absolute atomic E-state index is 0.700. The van der Waals surface area contributed by atoms with Crippen molar-refractivity contribution < 1.29 is 0 Å². The zero-order valence-corrected chi connectivity index (χ0v) is 11.9. The van der Waals surface area contributed by atoms with Crippen LogP contribution in [0.25, 0.3) is 0 Å². The topological polar surface area (TPSA) is 12.0 Å². The van der Waals surface area contributed by atoms with E-state index in [2.05, 4.69) is 47.8 Å². The van der Waals surface area contributed by atoms with Gasteiger partial charge in [0.15, 0.2) is 0 Å². The van der Waals surface area contributed by atoms with E-state index in [-0.39, 0.29) is 0 Å². The number of anilines is 1. The Hall–Kier alpha value is -1.76. The minimum Gasteiger partial charge on any atom is -0.384 e. The van der Waals surface area contributed by atoms with E-state index >= 15 is 0 Å². The van der Waals surface area contributed by atoms with Crippen molar-refractivity contribution in [2.75, 3.05) is 11.9 Å². The lowest BCUT2D eigenvalue weighted by Crippen LogP contribution is -2.24. The van der Waals surface area contributed by atoms with E-state index in [1.165, 1.54) is 43.4 Å². The van der Waals surface area contributed by atoms with E-state index < -0.39 is 0 Å². The van der Waals surface area contributed by atoms with Crippen molar-refractivity contribution in [1.29, 1.82) is 0 Å². The van der Waals surface area contributed by atoms with E-state index in [4.69, 9.17) is 0 Å². The highest BCUT2D eigenvalue weighted by molar-refractivity contribution is 5.56. The highest BCUT2D eigenvalue weighted by Crippen LogP contribution is 2.35. The molecule has 102 valence electrons. The molecule has 2 aromatic carbocycles. The molecule has 0 amide bonds. The molecule has 0 fully saturated rings. The number of nitrogens with one attached hydrogen (secondary N) is 1. The maximum absolute atomic E-state index is 3.72. The van der Waals surface area contributed by atoms with Crippen LogP contribution in [0.4, 0.5) is 5.69 Å². The summed E-state index contributed by atoms with van der Waals surface area (Å²) < 4.78 is 0. The van der Waals surface area contributed by atoms with E-state index in [0.717, 1.165) is 6.54 Å². The molecule has 1 unspecified atom stereocenters. The van der Waals surface area contributed by atoms with Gasteiger partial charge < -0.3 is 5.32 Å². The Morgan fingerprint density at radius 3 is 2.70 bits per heavy atom. The van der Waals surface area contributed by atoms with Crippen molar-refractivity contribution in [3.8, 4) is 0 Å². The predicted octanol–water partition coefficient (Wildman–Crippen LogP) is 4.32. The molecule has 1 atom stereocenters. The number of aryl methyl sites for hydroxylation is 1. The molecule has 4 rings (SSSR count).